The van der Waals surface area contributed by atoms with Gasteiger partial charge in [-0.25, -0.2) is 4.79 Å². The molecule has 6 heteroatoms. The molecule has 25 heavy (non-hydrogen) atoms. The minimum Gasteiger partial charge on any atom is -0.457 e. The van der Waals surface area contributed by atoms with Crippen molar-refractivity contribution in [2.24, 2.45) is 0 Å². The smallest absolute Gasteiger partial charge is 0.407 e. The molecule has 0 spiro atoms. The van der Waals surface area contributed by atoms with Gasteiger partial charge in [-0.2, -0.15) is 0 Å². The average Bonchev–Trinajstić information content (AvgIpc) is 2.42. The van der Waals surface area contributed by atoms with Crippen LogP contribution in [0.1, 0.15) is 54.2 Å². The molecule has 1 rings (SSSR count). The zero-order chi connectivity index (χ0) is 19.2. The molecule has 0 heterocycles. The molecule has 0 unspecified atom stereocenters. The van der Waals surface area contributed by atoms with E-state index in [2.05, 4.69) is 5.32 Å². The van der Waals surface area contributed by atoms with E-state index in [1.54, 1.807) is 20.8 Å². The molecular weight excluding hydrogens is 322 g/mol. The number of alkyl carbamates (subject to hydrolysis) is 1. The van der Waals surface area contributed by atoms with Crippen molar-refractivity contribution in [1.29, 1.82) is 0 Å². The van der Waals surface area contributed by atoms with Crippen molar-refractivity contribution >= 4 is 17.8 Å². The zero-order valence-corrected chi connectivity index (χ0v) is 15.8. The van der Waals surface area contributed by atoms with E-state index in [-0.39, 0.29) is 25.4 Å². The number of benzene rings is 1. The molecule has 0 radical (unpaired) electrons. The predicted octanol–water partition coefficient (Wildman–Crippen LogP) is 3.25. The van der Waals surface area contributed by atoms with Crippen molar-refractivity contribution < 1.29 is 23.9 Å². The van der Waals surface area contributed by atoms with Crippen molar-refractivity contribution in [3.8, 4) is 0 Å². The molecule has 1 aromatic rings. The van der Waals surface area contributed by atoms with Gasteiger partial charge >= 0.3 is 12.1 Å². The summed E-state index contributed by atoms with van der Waals surface area (Å²) in [5, 5.41) is 2.47. The van der Waals surface area contributed by atoms with Gasteiger partial charge in [0.05, 0.1) is 6.42 Å². The fraction of sp³-hybridized carbons (Fsp3) is 0.526. The molecule has 1 aromatic carbocycles. The number of nitrogens with one attached hydrogen (secondary N) is 1. The van der Waals surface area contributed by atoms with Crippen molar-refractivity contribution in [3.05, 3.63) is 34.4 Å². The van der Waals surface area contributed by atoms with E-state index in [4.69, 9.17) is 9.47 Å². The summed E-state index contributed by atoms with van der Waals surface area (Å²) in [6.07, 6.45) is -0.624. The monoisotopic (exact) mass is 349 g/mol. The van der Waals surface area contributed by atoms with Crippen molar-refractivity contribution in [2.45, 2.75) is 53.6 Å². The SMILES string of the molecule is Cc1cc(C)c(C(=O)COC(=O)CCNC(=O)OC(C)(C)C)c(C)c1. The predicted molar refractivity (Wildman–Crippen MR) is 94.8 cm³/mol. The molecule has 1 amide bonds. The lowest BCUT2D eigenvalue weighted by atomic mass is 9.97. The number of hydrogen-bond acceptors (Lipinski definition) is 5. The van der Waals surface area contributed by atoms with Crippen LogP contribution in [0.5, 0.6) is 0 Å². The average molecular weight is 349 g/mol. The van der Waals surface area contributed by atoms with Crippen molar-refractivity contribution in [1.82, 2.24) is 5.32 Å². The molecule has 0 aromatic heterocycles. The molecule has 6 nitrogen and oxygen atoms in total. The first kappa shape index (κ1) is 20.7. The number of ether oxygens (including phenoxy) is 2. The minimum absolute atomic E-state index is 0.0294. The molecule has 0 bridgehead atoms. The van der Waals surface area contributed by atoms with Gasteiger partial charge in [0.1, 0.15) is 5.60 Å². The molecule has 0 saturated carbocycles. The van der Waals surface area contributed by atoms with Gasteiger partial charge < -0.3 is 14.8 Å². The highest BCUT2D eigenvalue weighted by Gasteiger charge is 2.17. The number of carbonyl (C=O) groups excluding carboxylic acids is 3. The van der Waals surface area contributed by atoms with Crippen LogP contribution in [-0.2, 0) is 14.3 Å². The first-order valence-corrected chi connectivity index (χ1v) is 8.23. The summed E-state index contributed by atoms with van der Waals surface area (Å²) in [7, 11) is 0. The minimum atomic E-state index is -0.596. The van der Waals surface area contributed by atoms with Crippen LogP contribution in [0, 0.1) is 20.8 Å². The number of esters is 1. The Labute approximate surface area is 148 Å². The highest BCUT2D eigenvalue weighted by atomic mass is 16.6. The summed E-state index contributed by atoms with van der Waals surface area (Å²) >= 11 is 0. The second-order valence-electron chi connectivity index (χ2n) is 7.04. The van der Waals surface area contributed by atoms with Crippen molar-refractivity contribution in [2.75, 3.05) is 13.2 Å². The van der Waals surface area contributed by atoms with E-state index < -0.39 is 17.7 Å². The lowest BCUT2D eigenvalue weighted by Crippen LogP contribution is -2.33. The van der Waals surface area contributed by atoms with Gasteiger partial charge in [0.15, 0.2) is 6.61 Å². The number of amides is 1. The van der Waals surface area contributed by atoms with E-state index in [0.717, 1.165) is 16.7 Å². The highest BCUT2D eigenvalue weighted by Crippen LogP contribution is 2.17. The Morgan fingerprint density at radius 2 is 1.60 bits per heavy atom. The highest BCUT2D eigenvalue weighted by molar-refractivity contribution is 6.00. The van der Waals surface area contributed by atoms with Crippen LogP contribution in [0.3, 0.4) is 0 Å². The molecule has 0 atom stereocenters. The Bertz CT molecular complexity index is 635. The molecule has 1 N–H and O–H groups in total. The summed E-state index contributed by atoms with van der Waals surface area (Å²) in [5.74, 6) is -0.782. The van der Waals surface area contributed by atoms with Crippen LogP contribution in [0.4, 0.5) is 4.79 Å². The third kappa shape index (κ3) is 7.37. The summed E-state index contributed by atoms with van der Waals surface area (Å²) < 4.78 is 10.1. The van der Waals surface area contributed by atoms with Gasteiger partial charge in [-0.05, 0) is 52.7 Å². The lowest BCUT2D eigenvalue weighted by molar-refractivity contribution is -0.142. The molecule has 138 valence electrons. The second-order valence-corrected chi connectivity index (χ2v) is 7.04. The quantitative estimate of drug-likeness (QED) is 0.630. The topological polar surface area (TPSA) is 81.7 Å². The fourth-order valence-electron chi connectivity index (χ4n) is 2.49. The standard InChI is InChI=1S/C19H27NO5/c1-12-9-13(2)17(14(3)10-12)15(21)11-24-16(22)7-8-20-18(23)25-19(4,5)6/h9-10H,7-8,11H2,1-6H3,(H,20,23). The maximum absolute atomic E-state index is 12.3. The number of carbonyl (C=O) groups is 3. The van der Waals surface area contributed by atoms with Crippen LogP contribution in [-0.4, -0.2) is 36.6 Å². The van der Waals surface area contributed by atoms with Crippen LogP contribution in [0.2, 0.25) is 0 Å². The Hall–Kier alpha value is -2.37. The van der Waals surface area contributed by atoms with E-state index in [1.807, 2.05) is 32.9 Å². The Morgan fingerprint density at radius 1 is 1.04 bits per heavy atom. The largest absolute Gasteiger partial charge is 0.457 e. The van der Waals surface area contributed by atoms with Crippen LogP contribution < -0.4 is 5.32 Å². The maximum atomic E-state index is 12.3. The zero-order valence-electron chi connectivity index (χ0n) is 15.8. The van der Waals surface area contributed by atoms with E-state index >= 15 is 0 Å². The van der Waals surface area contributed by atoms with E-state index in [1.165, 1.54) is 0 Å². The van der Waals surface area contributed by atoms with Crippen LogP contribution in [0.25, 0.3) is 0 Å². The normalized spacial score (nSPS) is 11.0. The molecule has 0 aliphatic heterocycles. The van der Waals surface area contributed by atoms with Crippen LogP contribution in [0.15, 0.2) is 12.1 Å². The van der Waals surface area contributed by atoms with E-state index in [9.17, 15) is 14.4 Å². The molecular formula is C19H27NO5. The summed E-state index contributed by atoms with van der Waals surface area (Å²) in [4.78, 5) is 35.4. The van der Waals surface area contributed by atoms with Crippen LogP contribution >= 0.6 is 0 Å². The molecule has 0 fully saturated rings. The number of hydrogen-bond donors (Lipinski definition) is 1. The second kappa shape index (κ2) is 8.65. The number of aryl methyl sites for hydroxylation is 3. The first-order valence-electron chi connectivity index (χ1n) is 8.23. The lowest BCUT2D eigenvalue weighted by Gasteiger charge is -2.19. The van der Waals surface area contributed by atoms with Gasteiger partial charge in [0.25, 0.3) is 0 Å². The Morgan fingerprint density at radius 3 is 2.12 bits per heavy atom. The molecule has 0 saturated heterocycles. The Balaban J connectivity index is 2.42. The summed E-state index contributed by atoms with van der Waals surface area (Å²) in [6.45, 7) is 10.7. The number of rotatable bonds is 6. The third-order valence-corrected chi connectivity index (χ3v) is 3.32. The van der Waals surface area contributed by atoms with Gasteiger partial charge in [0, 0.05) is 12.1 Å². The third-order valence-electron chi connectivity index (χ3n) is 3.32. The molecule has 0 aliphatic carbocycles. The number of Topliss-reactive ketones (excluding diaryl/α,β-unsaturated/α-hetero) is 1. The van der Waals surface area contributed by atoms with Gasteiger partial charge in [-0.3, -0.25) is 9.59 Å². The van der Waals surface area contributed by atoms with E-state index in [0.29, 0.717) is 5.56 Å². The first-order chi connectivity index (χ1) is 11.5. The van der Waals surface area contributed by atoms with Gasteiger partial charge in [0.2, 0.25) is 5.78 Å². The molecule has 0 aliphatic rings. The summed E-state index contributed by atoms with van der Waals surface area (Å²) in [6, 6.07) is 3.85. The maximum Gasteiger partial charge on any atom is 0.407 e. The van der Waals surface area contributed by atoms with Gasteiger partial charge in [-0.1, -0.05) is 17.7 Å². The van der Waals surface area contributed by atoms with Gasteiger partial charge in [-0.15, -0.1) is 0 Å². The number of ketones is 1. The Kier molecular flexibility index (Phi) is 7.15. The van der Waals surface area contributed by atoms with Crippen molar-refractivity contribution in [3.63, 3.8) is 0 Å². The summed E-state index contributed by atoms with van der Waals surface area (Å²) in [5.41, 5.74) is 2.80. The fourth-order valence-corrected chi connectivity index (χ4v) is 2.49.